The number of benzene rings is 1. The molecule has 2 aliphatic heterocycles. The highest BCUT2D eigenvalue weighted by atomic mass is 19.3. The SMILES string of the molecule is C=CCCCCC[C@H](C)C(=O)N1C[C@]2(C[C@H]1C(=O)OC)CC(F)(F)c1c(c(C(C)C)nc3ccc(OC)cc13)O2. The zero-order valence-corrected chi connectivity index (χ0v) is 24.1. The van der Waals surface area contributed by atoms with E-state index in [2.05, 4.69) is 6.58 Å². The molecule has 9 heteroatoms. The van der Waals surface area contributed by atoms with E-state index in [-0.39, 0.29) is 47.4 Å². The van der Waals surface area contributed by atoms with Gasteiger partial charge in [-0.15, -0.1) is 6.58 Å². The molecule has 0 unspecified atom stereocenters. The largest absolute Gasteiger partial charge is 0.497 e. The minimum atomic E-state index is -3.30. The van der Waals surface area contributed by atoms with Gasteiger partial charge in [-0.1, -0.05) is 39.7 Å². The summed E-state index contributed by atoms with van der Waals surface area (Å²) < 4.78 is 49.4. The van der Waals surface area contributed by atoms with Crippen molar-refractivity contribution < 1.29 is 32.6 Å². The van der Waals surface area contributed by atoms with Crippen molar-refractivity contribution >= 4 is 22.8 Å². The molecule has 1 fully saturated rings. The number of aromatic nitrogens is 1. The maximum Gasteiger partial charge on any atom is 0.328 e. The average molecular weight is 559 g/mol. The molecule has 1 aromatic carbocycles. The molecule has 1 aromatic heterocycles. The molecule has 1 saturated heterocycles. The second-order valence-electron chi connectivity index (χ2n) is 11.4. The predicted octanol–water partition coefficient (Wildman–Crippen LogP) is 6.53. The number of unbranched alkanes of at least 4 members (excludes halogenated alkanes) is 3. The lowest BCUT2D eigenvalue weighted by Crippen LogP contribution is -2.49. The molecular weight excluding hydrogens is 518 g/mol. The third-order valence-corrected chi connectivity index (χ3v) is 8.07. The molecule has 218 valence electrons. The summed E-state index contributed by atoms with van der Waals surface area (Å²) in [5.41, 5.74) is -0.844. The Kier molecular flexibility index (Phi) is 8.71. The second-order valence-corrected chi connectivity index (χ2v) is 11.4. The number of nitrogens with zero attached hydrogens (tertiary/aromatic N) is 2. The highest BCUT2D eigenvalue weighted by molar-refractivity contribution is 5.88. The summed E-state index contributed by atoms with van der Waals surface area (Å²) >= 11 is 0. The van der Waals surface area contributed by atoms with E-state index >= 15 is 8.78 Å². The molecule has 1 spiro atoms. The van der Waals surface area contributed by atoms with Crippen LogP contribution in [0.15, 0.2) is 30.9 Å². The standard InChI is InChI=1S/C31H40F2N2O5/c1-7-8-9-10-11-12-20(4)28(36)35-18-30(16-24(35)29(37)39-6)17-31(32,33)25-22-15-21(38-5)13-14-23(22)34-26(19(2)3)27(25)40-30/h7,13-15,19-20,24H,1,8-12,16-18H2,2-6H3/t20-,24-,30-/m0/s1. The van der Waals surface area contributed by atoms with Crippen LogP contribution in [-0.4, -0.2) is 54.2 Å². The van der Waals surface area contributed by atoms with Crippen molar-refractivity contribution in [1.29, 1.82) is 0 Å². The van der Waals surface area contributed by atoms with Crippen molar-refractivity contribution in [3.63, 3.8) is 0 Å². The number of pyridine rings is 1. The van der Waals surface area contributed by atoms with Crippen molar-refractivity contribution in [2.45, 2.75) is 89.2 Å². The van der Waals surface area contributed by atoms with E-state index in [1.807, 2.05) is 26.8 Å². The molecule has 3 atom stereocenters. The molecule has 2 aliphatic rings. The van der Waals surface area contributed by atoms with E-state index in [1.54, 1.807) is 18.2 Å². The fourth-order valence-electron chi connectivity index (χ4n) is 6.02. The number of ether oxygens (including phenoxy) is 3. The monoisotopic (exact) mass is 558 g/mol. The van der Waals surface area contributed by atoms with Gasteiger partial charge < -0.3 is 19.1 Å². The molecule has 40 heavy (non-hydrogen) atoms. The Hall–Kier alpha value is -3.23. The van der Waals surface area contributed by atoms with Gasteiger partial charge in [0.1, 0.15) is 17.4 Å². The Morgan fingerprint density at radius 2 is 1.98 bits per heavy atom. The summed E-state index contributed by atoms with van der Waals surface area (Å²) in [5, 5.41) is 0.263. The summed E-state index contributed by atoms with van der Waals surface area (Å²) in [7, 11) is 2.72. The van der Waals surface area contributed by atoms with E-state index in [0.29, 0.717) is 23.4 Å². The fourth-order valence-corrected chi connectivity index (χ4v) is 6.02. The van der Waals surface area contributed by atoms with E-state index in [0.717, 1.165) is 25.7 Å². The normalized spacial score (nSPS) is 22.2. The van der Waals surface area contributed by atoms with Crippen LogP contribution in [-0.2, 0) is 20.2 Å². The highest BCUT2D eigenvalue weighted by Crippen LogP contribution is 2.55. The van der Waals surface area contributed by atoms with Gasteiger partial charge in [-0.25, -0.2) is 18.6 Å². The van der Waals surface area contributed by atoms with Crippen LogP contribution in [0.4, 0.5) is 8.78 Å². The fraction of sp³-hybridized carbons (Fsp3) is 0.581. The van der Waals surface area contributed by atoms with Crippen LogP contribution in [0.2, 0.25) is 0 Å². The first kappa shape index (κ1) is 29.7. The first-order valence-corrected chi connectivity index (χ1v) is 14.0. The van der Waals surface area contributed by atoms with Gasteiger partial charge in [0.2, 0.25) is 5.91 Å². The average Bonchev–Trinajstić information content (AvgIpc) is 3.28. The van der Waals surface area contributed by atoms with Crippen LogP contribution in [0.25, 0.3) is 10.9 Å². The lowest BCUT2D eigenvalue weighted by molar-refractivity contribution is -0.152. The number of carbonyl (C=O) groups is 2. The van der Waals surface area contributed by atoms with Crippen molar-refractivity contribution in [1.82, 2.24) is 9.88 Å². The van der Waals surface area contributed by atoms with Gasteiger partial charge >= 0.3 is 5.97 Å². The zero-order chi connectivity index (χ0) is 29.2. The maximum atomic E-state index is 16.3. The van der Waals surface area contributed by atoms with Gasteiger partial charge in [-0.3, -0.25) is 4.79 Å². The number of likely N-dealkylation sites (tertiary alicyclic amines) is 1. The van der Waals surface area contributed by atoms with Crippen molar-refractivity contribution in [2.75, 3.05) is 20.8 Å². The summed E-state index contributed by atoms with van der Waals surface area (Å²) in [5.74, 6) is -4.30. The molecule has 3 heterocycles. The Morgan fingerprint density at radius 1 is 1.23 bits per heavy atom. The smallest absolute Gasteiger partial charge is 0.328 e. The van der Waals surface area contributed by atoms with E-state index in [4.69, 9.17) is 19.2 Å². The van der Waals surface area contributed by atoms with Crippen LogP contribution in [0.3, 0.4) is 0 Å². The van der Waals surface area contributed by atoms with Crippen molar-refractivity contribution in [3.05, 3.63) is 42.1 Å². The first-order valence-electron chi connectivity index (χ1n) is 14.0. The molecule has 2 aromatic rings. The molecule has 0 radical (unpaired) electrons. The van der Waals surface area contributed by atoms with Gasteiger partial charge in [0.25, 0.3) is 5.92 Å². The zero-order valence-electron chi connectivity index (χ0n) is 24.1. The van der Waals surface area contributed by atoms with E-state index in [9.17, 15) is 9.59 Å². The number of fused-ring (bicyclic) bond motifs is 3. The molecule has 1 amide bonds. The van der Waals surface area contributed by atoms with E-state index < -0.39 is 30.0 Å². The lowest BCUT2D eigenvalue weighted by Gasteiger charge is -2.41. The van der Waals surface area contributed by atoms with Crippen molar-refractivity contribution in [3.8, 4) is 11.5 Å². The van der Waals surface area contributed by atoms with Crippen LogP contribution in [0.5, 0.6) is 11.5 Å². The molecule has 0 N–H and O–H groups in total. The topological polar surface area (TPSA) is 78.0 Å². The molecule has 7 nitrogen and oxygen atoms in total. The Bertz CT molecular complexity index is 1280. The molecular formula is C31H40F2N2O5. The third kappa shape index (κ3) is 5.65. The summed E-state index contributed by atoms with van der Waals surface area (Å²) in [6.45, 7) is 9.17. The lowest BCUT2D eigenvalue weighted by atomic mass is 9.83. The first-order chi connectivity index (χ1) is 19.0. The summed E-state index contributed by atoms with van der Waals surface area (Å²) in [4.78, 5) is 32.5. The van der Waals surface area contributed by atoms with Gasteiger partial charge in [-0.05, 0) is 43.4 Å². The maximum absolute atomic E-state index is 16.3. The van der Waals surface area contributed by atoms with Crippen LogP contribution in [0.1, 0.15) is 82.9 Å². The number of hydrogen-bond donors (Lipinski definition) is 0. The van der Waals surface area contributed by atoms with Crippen LogP contribution >= 0.6 is 0 Å². The Labute approximate surface area is 234 Å². The number of alkyl halides is 2. The quantitative estimate of drug-likeness (QED) is 0.188. The third-order valence-electron chi connectivity index (χ3n) is 8.07. The van der Waals surface area contributed by atoms with Crippen LogP contribution < -0.4 is 9.47 Å². The van der Waals surface area contributed by atoms with E-state index in [1.165, 1.54) is 19.1 Å². The predicted molar refractivity (Wildman–Crippen MR) is 149 cm³/mol. The number of hydrogen-bond acceptors (Lipinski definition) is 6. The van der Waals surface area contributed by atoms with Crippen LogP contribution in [0, 0.1) is 5.92 Å². The molecule has 0 aliphatic carbocycles. The summed E-state index contributed by atoms with van der Waals surface area (Å²) in [6, 6.07) is 3.91. The number of methoxy groups -OCH3 is 2. The molecule has 0 saturated carbocycles. The number of halogens is 2. The number of carbonyl (C=O) groups excluding carboxylic acids is 2. The molecule has 0 bridgehead atoms. The van der Waals surface area contributed by atoms with Gasteiger partial charge in [0, 0.05) is 17.7 Å². The van der Waals surface area contributed by atoms with Gasteiger partial charge in [-0.2, -0.15) is 0 Å². The molecule has 4 rings (SSSR count). The number of esters is 1. The van der Waals surface area contributed by atoms with Crippen molar-refractivity contribution in [2.24, 2.45) is 5.92 Å². The minimum absolute atomic E-state index is 0.0279. The van der Waals surface area contributed by atoms with Gasteiger partial charge in [0.15, 0.2) is 5.75 Å². The number of rotatable bonds is 10. The number of allylic oxidation sites excluding steroid dienone is 1. The summed E-state index contributed by atoms with van der Waals surface area (Å²) in [6.07, 6.45) is 5.49. The number of amides is 1. The van der Waals surface area contributed by atoms with Gasteiger partial charge in [0.05, 0.1) is 44.0 Å². The second kappa shape index (κ2) is 11.7. The Morgan fingerprint density at radius 3 is 2.62 bits per heavy atom. The minimum Gasteiger partial charge on any atom is -0.497 e. The Balaban J connectivity index is 1.71. The highest BCUT2D eigenvalue weighted by Gasteiger charge is 2.60.